The van der Waals surface area contributed by atoms with E-state index in [2.05, 4.69) is 4.98 Å². The van der Waals surface area contributed by atoms with Crippen LogP contribution < -0.4 is 5.46 Å². The maximum Gasteiger partial charge on any atom is 0.491 e. The van der Waals surface area contributed by atoms with E-state index in [1.165, 1.54) is 0 Å². The second kappa shape index (κ2) is 4.76. The van der Waals surface area contributed by atoms with Crippen LogP contribution in [0.25, 0.3) is 0 Å². The largest absolute Gasteiger partial charge is 0.491 e. The van der Waals surface area contributed by atoms with E-state index in [-0.39, 0.29) is 0 Å². The third-order valence-electron chi connectivity index (χ3n) is 3.09. The van der Waals surface area contributed by atoms with Crippen molar-refractivity contribution >= 4 is 12.6 Å². The van der Waals surface area contributed by atoms with Crippen molar-refractivity contribution in [1.29, 1.82) is 0 Å². The van der Waals surface area contributed by atoms with Crippen molar-refractivity contribution in [3.8, 4) is 0 Å². The Hall–Kier alpha value is -0.905. The number of hydrogen-bond acceptors (Lipinski definition) is 4. The Bertz CT molecular complexity index is 388. The zero-order valence-electron chi connectivity index (χ0n) is 11.1. The number of rotatable bonds is 4. The molecule has 1 rings (SSSR count). The van der Waals surface area contributed by atoms with E-state index in [0.717, 1.165) is 5.69 Å². The van der Waals surface area contributed by atoms with E-state index in [1.807, 2.05) is 6.92 Å². The van der Waals surface area contributed by atoms with E-state index >= 15 is 0 Å². The van der Waals surface area contributed by atoms with Gasteiger partial charge in [0.2, 0.25) is 0 Å². The minimum absolute atomic E-state index is 0.634. The minimum Gasteiger partial charge on any atom is -0.423 e. The van der Waals surface area contributed by atoms with Crippen molar-refractivity contribution in [2.75, 3.05) is 0 Å². The van der Waals surface area contributed by atoms with Gasteiger partial charge in [-0.05, 0) is 52.2 Å². The van der Waals surface area contributed by atoms with Crippen LogP contribution >= 0.6 is 0 Å². The Kier molecular flexibility index (Phi) is 3.97. The molecule has 0 aliphatic rings. The predicted octanol–water partition coefficient (Wildman–Crippen LogP) is 0.644. The Morgan fingerprint density at radius 3 is 2.35 bits per heavy atom. The minimum atomic E-state index is -1.07. The Morgan fingerprint density at radius 2 is 1.88 bits per heavy atom. The molecule has 0 unspecified atom stereocenters. The fourth-order valence-electron chi connectivity index (χ4n) is 1.21. The first-order valence-electron chi connectivity index (χ1n) is 5.64. The summed E-state index contributed by atoms with van der Waals surface area (Å²) in [5.74, 6) is 0. The van der Waals surface area contributed by atoms with Crippen molar-refractivity contribution in [2.45, 2.75) is 45.8 Å². The van der Waals surface area contributed by atoms with Gasteiger partial charge in [-0.15, -0.1) is 0 Å². The number of aryl methyl sites for hydroxylation is 1. The molecule has 0 atom stereocenters. The normalized spacial score (nSPS) is 12.6. The summed E-state index contributed by atoms with van der Waals surface area (Å²) < 4.78 is 5.52. The summed E-state index contributed by atoms with van der Waals surface area (Å²) in [5.41, 5.74) is -0.458. The van der Waals surface area contributed by atoms with Gasteiger partial charge in [-0.25, -0.2) is 0 Å². The molecule has 17 heavy (non-hydrogen) atoms. The molecular weight excluding hydrogens is 217 g/mol. The SMILES string of the molecule is Cc1cc(B(O)OC(C)(C)C(C)(C)O)ccn1. The van der Waals surface area contributed by atoms with Gasteiger partial charge >= 0.3 is 7.12 Å². The molecule has 0 fully saturated rings. The number of hydrogen-bond donors (Lipinski definition) is 2. The third kappa shape index (κ3) is 3.53. The highest BCUT2D eigenvalue weighted by atomic mass is 16.5. The molecule has 0 aromatic carbocycles. The molecule has 1 heterocycles. The first-order valence-corrected chi connectivity index (χ1v) is 5.64. The van der Waals surface area contributed by atoms with E-state index in [1.54, 1.807) is 46.0 Å². The van der Waals surface area contributed by atoms with Gasteiger partial charge in [-0.3, -0.25) is 4.98 Å². The predicted molar refractivity (Wildman–Crippen MR) is 68.0 cm³/mol. The molecule has 0 bridgehead atoms. The van der Waals surface area contributed by atoms with Crippen LogP contribution in [0.5, 0.6) is 0 Å². The molecule has 0 aliphatic carbocycles. The van der Waals surface area contributed by atoms with E-state index < -0.39 is 18.3 Å². The van der Waals surface area contributed by atoms with E-state index in [9.17, 15) is 10.1 Å². The van der Waals surface area contributed by atoms with Gasteiger partial charge in [0, 0.05) is 11.9 Å². The quantitative estimate of drug-likeness (QED) is 0.754. The summed E-state index contributed by atoms with van der Waals surface area (Å²) in [7, 11) is -1.07. The highest BCUT2D eigenvalue weighted by Crippen LogP contribution is 2.25. The molecule has 94 valence electrons. The average Bonchev–Trinajstić information content (AvgIpc) is 2.15. The lowest BCUT2D eigenvalue weighted by Crippen LogP contribution is -2.53. The van der Waals surface area contributed by atoms with Gasteiger partial charge in [-0.1, -0.05) is 0 Å². The maximum atomic E-state index is 9.98. The van der Waals surface area contributed by atoms with Crippen molar-refractivity contribution in [3.63, 3.8) is 0 Å². The average molecular weight is 237 g/mol. The highest BCUT2D eigenvalue weighted by Gasteiger charge is 2.39. The van der Waals surface area contributed by atoms with E-state index in [0.29, 0.717) is 5.46 Å². The van der Waals surface area contributed by atoms with Crippen LogP contribution in [0.3, 0.4) is 0 Å². The molecule has 2 N–H and O–H groups in total. The number of aromatic nitrogens is 1. The molecule has 0 amide bonds. The Labute approximate surface area is 103 Å². The first kappa shape index (κ1) is 14.2. The topological polar surface area (TPSA) is 62.6 Å². The lowest BCUT2D eigenvalue weighted by Gasteiger charge is -2.38. The molecule has 0 aliphatic heterocycles. The summed E-state index contributed by atoms with van der Waals surface area (Å²) in [4.78, 5) is 4.05. The smallest absolute Gasteiger partial charge is 0.423 e. The number of aliphatic hydroxyl groups is 1. The van der Waals surface area contributed by atoms with Crippen LogP contribution in [0.1, 0.15) is 33.4 Å². The molecule has 0 saturated carbocycles. The monoisotopic (exact) mass is 237 g/mol. The molecule has 1 aromatic heterocycles. The fourth-order valence-corrected chi connectivity index (χ4v) is 1.21. The summed E-state index contributed by atoms with van der Waals surface area (Å²) >= 11 is 0. The zero-order valence-corrected chi connectivity index (χ0v) is 11.1. The molecule has 0 spiro atoms. The molecular formula is C12H20BNO3. The fraction of sp³-hybridized carbons (Fsp3) is 0.583. The van der Waals surface area contributed by atoms with Crippen LogP contribution in [0.15, 0.2) is 18.3 Å². The standard InChI is InChI=1S/C12H20BNO3/c1-9-8-10(6-7-14-9)13(16)17-12(4,5)11(2,3)15/h6-8,15-16H,1-5H3. The summed E-state index contributed by atoms with van der Waals surface area (Å²) in [6.45, 7) is 8.63. The van der Waals surface area contributed by atoms with Crippen LogP contribution in [0.2, 0.25) is 0 Å². The van der Waals surface area contributed by atoms with Crippen LogP contribution in [0.4, 0.5) is 0 Å². The Balaban J connectivity index is 2.83. The molecule has 0 saturated heterocycles. The summed E-state index contributed by atoms with van der Waals surface area (Å²) in [5, 5.41) is 19.9. The van der Waals surface area contributed by atoms with Gasteiger partial charge in [0.05, 0.1) is 11.2 Å². The highest BCUT2D eigenvalue weighted by molar-refractivity contribution is 6.60. The second-order valence-electron chi connectivity index (χ2n) is 5.27. The van der Waals surface area contributed by atoms with Crippen molar-refractivity contribution in [3.05, 3.63) is 24.0 Å². The second-order valence-corrected chi connectivity index (χ2v) is 5.27. The number of nitrogens with zero attached hydrogens (tertiary/aromatic N) is 1. The van der Waals surface area contributed by atoms with Crippen LogP contribution in [-0.2, 0) is 4.65 Å². The van der Waals surface area contributed by atoms with Gasteiger partial charge in [0.25, 0.3) is 0 Å². The van der Waals surface area contributed by atoms with Gasteiger partial charge < -0.3 is 14.8 Å². The maximum absolute atomic E-state index is 9.98. The van der Waals surface area contributed by atoms with Crippen molar-refractivity contribution in [2.24, 2.45) is 0 Å². The molecule has 0 radical (unpaired) electrons. The van der Waals surface area contributed by atoms with Crippen molar-refractivity contribution < 1.29 is 14.8 Å². The Morgan fingerprint density at radius 1 is 1.29 bits per heavy atom. The lowest BCUT2D eigenvalue weighted by molar-refractivity contribution is -0.0982. The van der Waals surface area contributed by atoms with Gasteiger partial charge in [0.15, 0.2) is 0 Å². The third-order valence-corrected chi connectivity index (χ3v) is 3.09. The first-order chi connectivity index (χ1) is 7.63. The summed E-state index contributed by atoms with van der Waals surface area (Å²) in [6.07, 6.45) is 1.62. The van der Waals surface area contributed by atoms with Gasteiger partial charge in [0.1, 0.15) is 0 Å². The zero-order chi connectivity index (χ0) is 13.3. The summed E-state index contributed by atoms with van der Waals surface area (Å²) in [6, 6.07) is 3.45. The van der Waals surface area contributed by atoms with Gasteiger partial charge in [-0.2, -0.15) is 0 Å². The van der Waals surface area contributed by atoms with Crippen LogP contribution in [0, 0.1) is 6.92 Å². The van der Waals surface area contributed by atoms with E-state index in [4.69, 9.17) is 4.65 Å². The lowest BCUT2D eigenvalue weighted by atomic mass is 9.77. The molecule has 5 heteroatoms. The number of pyridine rings is 1. The molecule has 1 aromatic rings. The van der Waals surface area contributed by atoms with Crippen molar-refractivity contribution in [1.82, 2.24) is 4.98 Å². The van der Waals surface area contributed by atoms with Crippen LogP contribution in [-0.4, -0.2) is 33.4 Å². The molecule has 4 nitrogen and oxygen atoms in total.